The monoisotopic (exact) mass is 330 g/mol. The van der Waals surface area contributed by atoms with Crippen molar-refractivity contribution < 1.29 is 4.79 Å². The van der Waals surface area contributed by atoms with Crippen LogP contribution in [0.25, 0.3) is 5.69 Å². The van der Waals surface area contributed by atoms with E-state index in [1.165, 1.54) is 0 Å². The van der Waals surface area contributed by atoms with Gasteiger partial charge in [0, 0.05) is 12.2 Å². The Morgan fingerprint density at radius 1 is 1.19 bits per heavy atom. The lowest BCUT2D eigenvalue weighted by atomic mass is 10.3. The summed E-state index contributed by atoms with van der Waals surface area (Å²) in [5.41, 5.74) is 1.48. The van der Waals surface area contributed by atoms with Gasteiger partial charge in [0.15, 0.2) is 0 Å². The summed E-state index contributed by atoms with van der Waals surface area (Å²) in [6.07, 6.45) is 4.14. The molecule has 7 heteroatoms. The topological polar surface area (TPSA) is 58.9 Å². The fraction of sp³-hybridized carbons (Fsp3) is 0.286. The van der Waals surface area contributed by atoms with Gasteiger partial charge in [-0.3, -0.25) is 9.36 Å². The Morgan fingerprint density at radius 3 is 2.57 bits per heavy atom. The average Bonchev–Trinajstić information content (AvgIpc) is 2.94. The van der Waals surface area contributed by atoms with Gasteiger partial charge in [0.05, 0.1) is 12.5 Å². The third-order valence-electron chi connectivity index (χ3n) is 2.79. The fourth-order valence-corrected chi connectivity index (χ4v) is 1.82. The average molecular weight is 331 g/mol. The van der Waals surface area contributed by atoms with E-state index in [1.807, 2.05) is 37.4 Å². The highest BCUT2D eigenvalue weighted by Gasteiger charge is 2.11. The first-order valence-corrected chi connectivity index (χ1v) is 6.33. The molecular formula is C14H20Cl2N4O. The zero-order valence-corrected chi connectivity index (χ0v) is 13.4. The molecule has 0 bridgehead atoms. The van der Waals surface area contributed by atoms with Gasteiger partial charge < -0.3 is 10.6 Å². The molecule has 2 N–H and O–H groups in total. The molecule has 0 unspecified atom stereocenters. The van der Waals surface area contributed by atoms with Crippen LogP contribution in [0, 0.1) is 0 Å². The van der Waals surface area contributed by atoms with Crippen LogP contribution in [-0.4, -0.2) is 35.6 Å². The Morgan fingerprint density at radius 2 is 1.90 bits per heavy atom. The largest absolute Gasteiger partial charge is 0.351 e. The number of nitrogens with zero attached hydrogens (tertiary/aromatic N) is 2. The van der Waals surface area contributed by atoms with Crippen LogP contribution in [0.15, 0.2) is 42.9 Å². The number of rotatable bonds is 6. The first kappa shape index (κ1) is 19.4. The van der Waals surface area contributed by atoms with Gasteiger partial charge in [-0.05, 0) is 32.1 Å². The van der Waals surface area contributed by atoms with Crippen LogP contribution in [-0.2, 0) is 0 Å². The number of carbonyl (C=O) groups excluding carboxylic acids is 1. The molecule has 0 aliphatic carbocycles. The van der Waals surface area contributed by atoms with Crippen molar-refractivity contribution in [1.82, 2.24) is 20.2 Å². The third-order valence-corrected chi connectivity index (χ3v) is 2.79. The lowest BCUT2D eigenvalue weighted by molar-refractivity contribution is 0.0946. The van der Waals surface area contributed by atoms with E-state index in [0.29, 0.717) is 12.2 Å². The molecule has 1 amide bonds. The number of para-hydroxylation sites is 1. The molecule has 0 saturated carbocycles. The predicted molar refractivity (Wildman–Crippen MR) is 88.9 cm³/mol. The van der Waals surface area contributed by atoms with E-state index in [1.54, 1.807) is 17.1 Å². The van der Waals surface area contributed by atoms with Crippen molar-refractivity contribution in [3.8, 4) is 5.69 Å². The standard InChI is InChI=1S/C14H18N4O.2ClH/c1-15-8-5-9-17-14(19)13-10-16-11-18(13)12-6-3-2-4-7-12;;/h2-4,6-7,10-11,15H,5,8-9H2,1H3,(H,17,19);2*1H. The van der Waals surface area contributed by atoms with Crippen molar-refractivity contribution >= 4 is 30.7 Å². The summed E-state index contributed by atoms with van der Waals surface area (Å²) in [6.45, 7) is 1.54. The third kappa shape index (κ3) is 5.38. The number of nitrogens with one attached hydrogen (secondary N) is 2. The molecule has 2 rings (SSSR count). The van der Waals surface area contributed by atoms with E-state index in [2.05, 4.69) is 15.6 Å². The highest BCUT2D eigenvalue weighted by atomic mass is 35.5. The molecule has 1 heterocycles. The van der Waals surface area contributed by atoms with Crippen molar-refractivity contribution in [2.24, 2.45) is 0 Å². The first-order chi connectivity index (χ1) is 9.33. The van der Waals surface area contributed by atoms with Crippen LogP contribution in [0.1, 0.15) is 16.9 Å². The molecule has 116 valence electrons. The number of benzene rings is 1. The fourth-order valence-electron chi connectivity index (χ4n) is 1.82. The minimum absolute atomic E-state index is 0. The quantitative estimate of drug-likeness (QED) is 0.797. The molecule has 0 atom stereocenters. The van der Waals surface area contributed by atoms with Gasteiger partial charge in [0.1, 0.15) is 5.69 Å². The Labute approximate surface area is 137 Å². The lowest BCUT2D eigenvalue weighted by Gasteiger charge is -2.08. The number of aromatic nitrogens is 2. The normalized spacial score (nSPS) is 9.38. The molecular weight excluding hydrogens is 311 g/mol. The molecule has 1 aromatic carbocycles. The maximum atomic E-state index is 12.1. The highest BCUT2D eigenvalue weighted by Crippen LogP contribution is 2.10. The number of halogens is 2. The first-order valence-electron chi connectivity index (χ1n) is 6.33. The summed E-state index contributed by atoms with van der Waals surface area (Å²) in [7, 11) is 1.90. The summed E-state index contributed by atoms with van der Waals surface area (Å²) in [5, 5.41) is 5.93. The molecule has 0 spiro atoms. The molecule has 5 nitrogen and oxygen atoms in total. The summed E-state index contributed by atoms with van der Waals surface area (Å²) < 4.78 is 1.79. The molecule has 0 fully saturated rings. The van der Waals surface area contributed by atoms with Crippen LogP contribution in [0.4, 0.5) is 0 Å². The molecule has 0 radical (unpaired) electrons. The van der Waals surface area contributed by atoms with Crippen LogP contribution in [0.5, 0.6) is 0 Å². The van der Waals surface area contributed by atoms with Gasteiger partial charge in [-0.25, -0.2) is 4.98 Å². The van der Waals surface area contributed by atoms with Crippen LogP contribution >= 0.6 is 24.8 Å². The van der Waals surface area contributed by atoms with Crippen molar-refractivity contribution in [3.63, 3.8) is 0 Å². The van der Waals surface area contributed by atoms with Crippen molar-refractivity contribution in [2.45, 2.75) is 6.42 Å². The van der Waals surface area contributed by atoms with E-state index >= 15 is 0 Å². The molecule has 1 aromatic heterocycles. The van der Waals surface area contributed by atoms with Gasteiger partial charge in [-0.15, -0.1) is 24.8 Å². The van der Waals surface area contributed by atoms with Gasteiger partial charge in [0.25, 0.3) is 5.91 Å². The van der Waals surface area contributed by atoms with Crippen molar-refractivity contribution in [3.05, 3.63) is 48.5 Å². The SMILES string of the molecule is CNCCCNC(=O)c1cncn1-c1ccccc1.Cl.Cl. The maximum absolute atomic E-state index is 12.1. The van der Waals surface area contributed by atoms with E-state index < -0.39 is 0 Å². The number of hydrogen-bond acceptors (Lipinski definition) is 3. The number of amides is 1. The smallest absolute Gasteiger partial charge is 0.269 e. The van der Waals surface area contributed by atoms with Crippen molar-refractivity contribution in [2.75, 3.05) is 20.1 Å². The minimum Gasteiger partial charge on any atom is -0.351 e. The van der Waals surface area contributed by atoms with Crippen LogP contribution in [0.3, 0.4) is 0 Å². The number of hydrogen-bond donors (Lipinski definition) is 2. The zero-order valence-electron chi connectivity index (χ0n) is 11.8. The van der Waals surface area contributed by atoms with Gasteiger partial charge in [-0.1, -0.05) is 18.2 Å². The Bertz CT molecular complexity index is 531. The second kappa shape index (κ2) is 10.2. The van der Waals surface area contributed by atoms with Gasteiger partial charge >= 0.3 is 0 Å². The van der Waals surface area contributed by atoms with E-state index in [4.69, 9.17) is 0 Å². The summed E-state index contributed by atoms with van der Waals surface area (Å²) in [4.78, 5) is 16.1. The molecule has 0 aliphatic heterocycles. The Hall–Kier alpha value is -1.56. The Balaban J connectivity index is 0.00000200. The highest BCUT2D eigenvalue weighted by molar-refractivity contribution is 5.92. The zero-order chi connectivity index (χ0) is 13.5. The van der Waals surface area contributed by atoms with Gasteiger partial charge in [-0.2, -0.15) is 0 Å². The van der Waals surface area contributed by atoms with E-state index in [9.17, 15) is 4.79 Å². The lowest BCUT2D eigenvalue weighted by Crippen LogP contribution is -2.28. The summed E-state index contributed by atoms with van der Waals surface area (Å²) >= 11 is 0. The molecule has 2 aromatic rings. The van der Waals surface area contributed by atoms with E-state index in [-0.39, 0.29) is 30.7 Å². The molecule has 21 heavy (non-hydrogen) atoms. The molecule has 0 saturated heterocycles. The van der Waals surface area contributed by atoms with Crippen LogP contribution in [0.2, 0.25) is 0 Å². The maximum Gasteiger partial charge on any atom is 0.269 e. The van der Waals surface area contributed by atoms with Gasteiger partial charge in [0.2, 0.25) is 0 Å². The summed E-state index contributed by atoms with van der Waals surface area (Å²) in [5.74, 6) is -0.0996. The Kier molecular flexibility index (Phi) is 9.45. The second-order valence-corrected chi connectivity index (χ2v) is 4.20. The predicted octanol–water partition coefficient (Wildman–Crippen LogP) is 2.06. The van der Waals surface area contributed by atoms with E-state index in [0.717, 1.165) is 18.7 Å². The number of carbonyl (C=O) groups is 1. The molecule has 0 aliphatic rings. The van der Waals surface area contributed by atoms with Crippen LogP contribution < -0.4 is 10.6 Å². The van der Waals surface area contributed by atoms with Crippen molar-refractivity contribution in [1.29, 1.82) is 0 Å². The summed E-state index contributed by atoms with van der Waals surface area (Å²) in [6, 6.07) is 9.70. The second-order valence-electron chi connectivity index (χ2n) is 4.20. The minimum atomic E-state index is -0.0996. The number of imidazole rings is 1.